The van der Waals surface area contributed by atoms with Gasteiger partial charge in [-0.05, 0) is 24.6 Å². The Kier molecular flexibility index (Phi) is 1.93. The molecule has 0 saturated carbocycles. The quantitative estimate of drug-likeness (QED) is 0.743. The van der Waals surface area contributed by atoms with Crippen LogP contribution in [0.3, 0.4) is 0 Å². The molecule has 0 amide bonds. The van der Waals surface area contributed by atoms with E-state index in [1.807, 2.05) is 25.3 Å². The lowest BCUT2D eigenvalue weighted by Gasteiger charge is -2.02. The normalized spacial score (nSPS) is 10.7. The largest absolute Gasteiger partial charge is 0.495 e. The summed E-state index contributed by atoms with van der Waals surface area (Å²) in [6.45, 7) is 2.05. The van der Waals surface area contributed by atoms with Crippen LogP contribution in [-0.4, -0.2) is 12.1 Å². The molecular weight excluding hydrogens is 186 g/mol. The first-order valence-electron chi connectivity index (χ1n) is 4.03. The molecule has 1 aromatic heterocycles. The molecule has 1 heterocycles. The van der Waals surface area contributed by atoms with Gasteiger partial charge in [0.25, 0.3) is 0 Å². The number of fused-ring (bicyclic) bond motifs is 1. The second-order valence-corrected chi connectivity index (χ2v) is 3.41. The lowest BCUT2D eigenvalue weighted by molar-refractivity contribution is 0.415. The van der Waals surface area contributed by atoms with E-state index in [9.17, 15) is 0 Å². The van der Waals surface area contributed by atoms with Crippen LogP contribution in [-0.2, 0) is 0 Å². The first kappa shape index (κ1) is 8.45. The van der Waals surface area contributed by atoms with Crippen molar-refractivity contribution in [2.24, 2.45) is 0 Å². The molecule has 2 nitrogen and oxygen atoms in total. The van der Waals surface area contributed by atoms with E-state index in [1.54, 1.807) is 7.11 Å². The zero-order valence-corrected chi connectivity index (χ0v) is 8.27. The number of methoxy groups -OCH3 is 1. The van der Waals surface area contributed by atoms with Crippen LogP contribution < -0.4 is 4.74 Å². The van der Waals surface area contributed by atoms with Gasteiger partial charge in [0.2, 0.25) is 0 Å². The predicted molar refractivity (Wildman–Crippen MR) is 54.6 cm³/mol. The van der Waals surface area contributed by atoms with Crippen LogP contribution in [0.15, 0.2) is 18.3 Å². The third-order valence-electron chi connectivity index (χ3n) is 2.16. The van der Waals surface area contributed by atoms with Crippen molar-refractivity contribution in [1.29, 1.82) is 0 Å². The van der Waals surface area contributed by atoms with Crippen LogP contribution in [0.5, 0.6) is 5.75 Å². The van der Waals surface area contributed by atoms with E-state index in [0.29, 0.717) is 5.02 Å². The zero-order valence-electron chi connectivity index (χ0n) is 7.52. The Morgan fingerprint density at radius 2 is 2.15 bits per heavy atom. The van der Waals surface area contributed by atoms with Crippen LogP contribution in [0.1, 0.15) is 5.56 Å². The first-order valence-corrected chi connectivity index (χ1v) is 4.41. The molecule has 0 aliphatic rings. The average molecular weight is 196 g/mol. The molecule has 0 radical (unpaired) electrons. The van der Waals surface area contributed by atoms with E-state index in [2.05, 4.69) is 4.98 Å². The maximum atomic E-state index is 5.97. The highest BCUT2D eigenvalue weighted by atomic mass is 35.5. The highest BCUT2D eigenvalue weighted by Crippen LogP contribution is 2.30. The Morgan fingerprint density at radius 3 is 2.85 bits per heavy atom. The number of nitrogens with one attached hydrogen (secondary N) is 1. The van der Waals surface area contributed by atoms with E-state index in [0.717, 1.165) is 16.7 Å². The Labute approximate surface area is 81.5 Å². The van der Waals surface area contributed by atoms with Gasteiger partial charge in [-0.3, -0.25) is 0 Å². The smallest absolute Gasteiger partial charge is 0.138 e. The minimum absolute atomic E-state index is 0.636. The number of hydrogen-bond acceptors (Lipinski definition) is 1. The van der Waals surface area contributed by atoms with Crippen LogP contribution >= 0.6 is 11.6 Å². The van der Waals surface area contributed by atoms with Gasteiger partial charge < -0.3 is 9.72 Å². The van der Waals surface area contributed by atoms with Crippen molar-refractivity contribution in [3.63, 3.8) is 0 Å². The SMILES string of the molecule is COc1cc2c(C)c[nH]c2cc1Cl. The average Bonchev–Trinajstić information content (AvgIpc) is 2.46. The van der Waals surface area contributed by atoms with Crippen LogP contribution in [0, 0.1) is 6.92 Å². The number of rotatable bonds is 1. The van der Waals surface area contributed by atoms with E-state index in [1.165, 1.54) is 5.56 Å². The van der Waals surface area contributed by atoms with Crippen molar-refractivity contribution < 1.29 is 4.74 Å². The zero-order chi connectivity index (χ0) is 9.42. The van der Waals surface area contributed by atoms with Gasteiger partial charge in [0.15, 0.2) is 0 Å². The Bertz CT molecular complexity index is 447. The summed E-state index contributed by atoms with van der Waals surface area (Å²) in [5.41, 5.74) is 2.24. The Balaban J connectivity index is 2.77. The van der Waals surface area contributed by atoms with Crippen molar-refractivity contribution >= 4 is 22.5 Å². The van der Waals surface area contributed by atoms with Gasteiger partial charge in [0.05, 0.1) is 12.1 Å². The molecule has 68 valence electrons. The summed E-state index contributed by atoms with van der Waals surface area (Å²) in [5.74, 6) is 0.719. The molecule has 2 aromatic rings. The third kappa shape index (κ3) is 1.27. The van der Waals surface area contributed by atoms with Crippen molar-refractivity contribution in [2.45, 2.75) is 6.92 Å². The summed E-state index contributed by atoms with van der Waals surface area (Å²) < 4.78 is 5.13. The summed E-state index contributed by atoms with van der Waals surface area (Å²) in [5, 5.41) is 1.79. The number of aromatic nitrogens is 1. The van der Waals surface area contributed by atoms with Crippen LogP contribution in [0.4, 0.5) is 0 Å². The second-order valence-electron chi connectivity index (χ2n) is 3.00. The Morgan fingerprint density at radius 1 is 1.38 bits per heavy atom. The molecule has 3 heteroatoms. The summed E-state index contributed by atoms with van der Waals surface area (Å²) >= 11 is 5.97. The number of H-pyrrole nitrogens is 1. The van der Waals surface area contributed by atoms with E-state index in [-0.39, 0.29) is 0 Å². The highest BCUT2D eigenvalue weighted by Gasteiger charge is 2.05. The lowest BCUT2D eigenvalue weighted by atomic mass is 10.2. The topological polar surface area (TPSA) is 25.0 Å². The van der Waals surface area contributed by atoms with Gasteiger partial charge in [-0.2, -0.15) is 0 Å². The van der Waals surface area contributed by atoms with Gasteiger partial charge in [-0.15, -0.1) is 0 Å². The second kappa shape index (κ2) is 2.96. The number of benzene rings is 1. The number of halogens is 1. The maximum absolute atomic E-state index is 5.97. The standard InChI is InChI=1S/C10H10ClNO/c1-6-5-12-9-4-8(11)10(13-2)3-7(6)9/h3-5,12H,1-2H3. The fourth-order valence-electron chi connectivity index (χ4n) is 1.42. The maximum Gasteiger partial charge on any atom is 0.138 e. The van der Waals surface area contributed by atoms with Crippen LogP contribution in [0.2, 0.25) is 5.02 Å². The molecule has 2 rings (SSSR count). The van der Waals surface area contributed by atoms with Gasteiger partial charge in [0.1, 0.15) is 5.75 Å². The predicted octanol–water partition coefficient (Wildman–Crippen LogP) is 3.14. The summed E-state index contributed by atoms with van der Waals surface area (Å²) in [4.78, 5) is 3.14. The molecule has 1 aromatic carbocycles. The van der Waals surface area contributed by atoms with Gasteiger partial charge in [-0.1, -0.05) is 11.6 Å². The number of hydrogen-bond donors (Lipinski definition) is 1. The molecule has 0 atom stereocenters. The first-order chi connectivity index (χ1) is 6.22. The molecule has 0 unspecified atom stereocenters. The molecule has 0 bridgehead atoms. The minimum atomic E-state index is 0.636. The van der Waals surface area contributed by atoms with E-state index >= 15 is 0 Å². The fourth-order valence-corrected chi connectivity index (χ4v) is 1.66. The fraction of sp³-hybridized carbons (Fsp3) is 0.200. The van der Waals surface area contributed by atoms with Crippen molar-refractivity contribution in [3.05, 3.63) is 28.9 Å². The molecule has 1 N–H and O–H groups in total. The molecule has 0 aliphatic carbocycles. The third-order valence-corrected chi connectivity index (χ3v) is 2.46. The molecule has 0 fully saturated rings. The highest BCUT2D eigenvalue weighted by molar-refractivity contribution is 6.32. The van der Waals surface area contributed by atoms with Crippen molar-refractivity contribution in [1.82, 2.24) is 4.98 Å². The molecule has 0 aliphatic heterocycles. The minimum Gasteiger partial charge on any atom is -0.495 e. The summed E-state index contributed by atoms with van der Waals surface area (Å²) in [7, 11) is 1.62. The summed E-state index contributed by atoms with van der Waals surface area (Å²) in [6, 6.07) is 3.83. The van der Waals surface area contributed by atoms with Crippen LogP contribution in [0.25, 0.3) is 10.9 Å². The van der Waals surface area contributed by atoms with Crippen molar-refractivity contribution in [2.75, 3.05) is 7.11 Å². The number of ether oxygens (including phenoxy) is 1. The van der Waals surface area contributed by atoms with E-state index < -0.39 is 0 Å². The molecule has 13 heavy (non-hydrogen) atoms. The molecular formula is C10H10ClNO. The monoisotopic (exact) mass is 195 g/mol. The molecule has 0 saturated heterocycles. The Hall–Kier alpha value is -1.15. The van der Waals surface area contributed by atoms with Gasteiger partial charge in [0, 0.05) is 17.1 Å². The van der Waals surface area contributed by atoms with Crippen molar-refractivity contribution in [3.8, 4) is 5.75 Å². The lowest BCUT2D eigenvalue weighted by Crippen LogP contribution is -1.83. The summed E-state index contributed by atoms with van der Waals surface area (Å²) in [6.07, 6.45) is 1.96. The molecule has 0 spiro atoms. The van der Waals surface area contributed by atoms with E-state index in [4.69, 9.17) is 16.3 Å². The van der Waals surface area contributed by atoms with Gasteiger partial charge in [-0.25, -0.2) is 0 Å². The van der Waals surface area contributed by atoms with Gasteiger partial charge >= 0.3 is 0 Å². The number of aryl methyl sites for hydroxylation is 1. The number of aromatic amines is 1.